The molecule has 0 aromatic carbocycles. The van der Waals surface area contributed by atoms with Gasteiger partial charge < -0.3 is 14.8 Å². The number of hydrogen-bond acceptors (Lipinski definition) is 3. The van der Waals surface area contributed by atoms with Crippen molar-refractivity contribution in [1.82, 2.24) is 5.32 Å². The van der Waals surface area contributed by atoms with Crippen molar-refractivity contribution in [3.05, 3.63) is 12.0 Å². The Hall–Kier alpha value is -0.700. The second kappa shape index (κ2) is 2.05. The SMILES string of the molecule is COC1NC=C(C)O1. The number of rotatable bonds is 1. The minimum atomic E-state index is -0.269. The summed E-state index contributed by atoms with van der Waals surface area (Å²) in [5.41, 5.74) is 0. The fraction of sp³-hybridized carbons (Fsp3) is 0.600. The summed E-state index contributed by atoms with van der Waals surface area (Å²) in [4.78, 5) is 0. The van der Waals surface area contributed by atoms with Crippen LogP contribution in [0.4, 0.5) is 0 Å². The Morgan fingerprint density at radius 2 is 2.62 bits per heavy atom. The number of allylic oxidation sites excluding steroid dienone is 1. The van der Waals surface area contributed by atoms with Gasteiger partial charge in [-0.05, 0) is 6.92 Å². The molecule has 0 bridgehead atoms. The molecule has 0 fully saturated rings. The molecule has 0 aliphatic carbocycles. The second-order valence-electron chi connectivity index (χ2n) is 1.61. The smallest absolute Gasteiger partial charge is 0.280 e. The first kappa shape index (κ1) is 5.44. The summed E-state index contributed by atoms with van der Waals surface area (Å²) < 4.78 is 9.83. The van der Waals surface area contributed by atoms with E-state index in [9.17, 15) is 0 Å². The lowest BCUT2D eigenvalue weighted by Crippen LogP contribution is -2.22. The molecule has 3 heteroatoms. The molecular formula is C5H9NO2. The number of ether oxygens (including phenoxy) is 2. The van der Waals surface area contributed by atoms with Gasteiger partial charge >= 0.3 is 0 Å². The van der Waals surface area contributed by atoms with Crippen molar-refractivity contribution < 1.29 is 9.47 Å². The Morgan fingerprint density at radius 3 is 2.88 bits per heavy atom. The zero-order valence-electron chi connectivity index (χ0n) is 4.97. The maximum Gasteiger partial charge on any atom is 0.280 e. The molecule has 0 saturated carbocycles. The van der Waals surface area contributed by atoms with Crippen molar-refractivity contribution in [2.24, 2.45) is 0 Å². The molecule has 1 rings (SSSR count). The standard InChI is InChI=1S/C5H9NO2/c1-4-3-6-5(7-2)8-4/h3,5-6H,1-2H3. The van der Waals surface area contributed by atoms with E-state index < -0.39 is 0 Å². The molecule has 46 valence electrons. The van der Waals surface area contributed by atoms with E-state index >= 15 is 0 Å². The van der Waals surface area contributed by atoms with Crippen molar-refractivity contribution in [2.75, 3.05) is 7.11 Å². The maximum atomic E-state index is 5.04. The topological polar surface area (TPSA) is 30.5 Å². The Bertz CT molecular complexity index is 111. The van der Waals surface area contributed by atoms with Crippen molar-refractivity contribution in [3.63, 3.8) is 0 Å². The lowest BCUT2D eigenvalue weighted by molar-refractivity contribution is -0.0900. The minimum Gasteiger partial charge on any atom is -0.450 e. The van der Waals surface area contributed by atoms with Crippen molar-refractivity contribution in [2.45, 2.75) is 13.3 Å². The van der Waals surface area contributed by atoms with Gasteiger partial charge in [0.25, 0.3) is 6.41 Å². The highest BCUT2D eigenvalue weighted by atomic mass is 16.7. The first-order valence-electron chi connectivity index (χ1n) is 2.45. The molecule has 0 aromatic heterocycles. The van der Waals surface area contributed by atoms with Crippen LogP contribution in [0.1, 0.15) is 6.92 Å². The predicted molar refractivity (Wildman–Crippen MR) is 28.8 cm³/mol. The summed E-state index contributed by atoms with van der Waals surface area (Å²) >= 11 is 0. The van der Waals surface area contributed by atoms with Crippen LogP contribution in [0.25, 0.3) is 0 Å². The third-order valence-corrected chi connectivity index (χ3v) is 0.930. The van der Waals surface area contributed by atoms with Gasteiger partial charge in [-0.2, -0.15) is 0 Å². The van der Waals surface area contributed by atoms with E-state index in [1.165, 1.54) is 0 Å². The molecule has 0 saturated heterocycles. The molecule has 1 atom stereocenters. The lowest BCUT2D eigenvalue weighted by atomic mass is 10.6. The summed E-state index contributed by atoms with van der Waals surface area (Å²) in [6.07, 6.45) is 1.50. The minimum absolute atomic E-state index is 0.269. The van der Waals surface area contributed by atoms with E-state index in [-0.39, 0.29) is 6.41 Å². The summed E-state index contributed by atoms with van der Waals surface area (Å²) in [5, 5.41) is 2.85. The van der Waals surface area contributed by atoms with Crippen LogP contribution in [-0.2, 0) is 9.47 Å². The number of hydrogen-bond donors (Lipinski definition) is 1. The van der Waals surface area contributed by atoms with Crippen molar-refractivity contribution in [1.29, 1.82) is 0 Å². The second-order valence-corrected chi connectivity index (χ2v) is 1.61. The van der Waals surface area contributed by atoms with Crippen LogP contribution in [-0.4, -0.2) is 13.5 Å². The molecule has 1 aliphatic heterocycles. The molecule has 0 spiro atoms. The van der Waals surface area contributed by atoms with Crippen molar-refractivity contribution in [3.8, 4) is 0 Å². The van der Waals surface area contributed by atoms with Gasteiger partial charge in [0, 0.05) is 13.3 Å². The average molecular weight is 115 g/mol. The van der Waals surface area contributed by atoms with Crippen molar-refractivity contribution >= 4 is 0 Å². The van der Waals surface area contributed by atoms with Gasteiger partial charge in [0.05, 0.1) is 0 Å². The van der Waals surface area contributed by atoms with Crippen LogP contribution in [0.15, 0.2) is 12.0 Å². The zero-order chi connectivity index (χ0) is 5.98. The Balaban J connectivity index is 2.32. The summed E-state index contributed by atoms with van der Waals surface area (Å²) in [6.45, 7) is 1.87. The van der Waals surface area contributed by atoms with Gasteiger partial charge in [0.1, 0.15) is 5.76 Å². The molecule has 1 unspecified atom stereocenters. The third-order valence-electron chi connectivity index (χ3n) is 0.930. The fourth-order valence-electron chi connectivity index (χ4n) is 0.538. The van der Waals surface area contributed by atoms with Crippen LogP contribution in [0.2, 0.25) is 0 Å². The monoisotopic (exact) mass is 115 g/mol. The highest BCUT2D eigenvalue weighted by Gasteiger charge is 2.10. The van der Waals surface area contributed by atoms with E-state index in [4.69, 9.17) is 9.47 Å². The molecule has 0 aromatic rings. The van der Waals surface area contributed by atoms with Gasteiger partial charge in [0.2, 0.25) is 0 Å². The number of methoxy groups -OCH3 is 1. The van der Waals surface area contributed by atoms with E-state index in [0.29, 0.717) is 0 Å². The fourth-order valence-corrected chi connectivity index (χ4v) is 0.538. The quantitative estimate of drug-likeness (QED) is 0.536. The molecule has 1 N–H and O–H groups in total. The van der Waals surface area contributed by atoms with Crippen LogP contribution >= 0.6 is 0 Å². The van der Waals surface area contributed by atoms with E-state index in [0.717, 1.165) is 5.76 Å². The van der Waals surface area contributed by atoms with Gasteiger partial charge in [-0.15, -0.1) is 0 Å². The van der Waals surface area contributed by atoms with Crippen LogP contribution in [0.3, 0.4) is 0 Å². The Kier molecular flexibility index (Phi) is 1.39. The summed E-state index contributed by atoms with van der Waals surface area (Å²) in [6, 6.07) is 0. The van der Waals surface area contributed by atoms with Gasteiger partial charge in [-0.25, -0.2) is 0 Å². The summed E-state index contributed by atoms with van der Waals surface area (Å²) in [7, 11) is 1.59. The average Bonchev–Trinajstić information content (AvgIpc) is 2.14. The lowest BCUT2D eigenvalue weighted by Gasteiger charge is -2.07. The predicted octanol–water partition coefficient (Wildman–Crippen LogP) is 0.398. The summed E-state index contributed by atoms with van der Waals surface area (Å²) in [5.74, 6) is 0.858. The molecular weight excluding hydrogens is 106 g/mol. The van der Waals surface area contributed by atoms with Gasteiger partial charge in [0.15, 0.2) is 0 Å². The Morgan fingerprint density at radius 1 is 1.88 bits per heavy atom. The van der Waals surface area contributed by atoms with Crippen LogP contribution < -0.4 is 5.32 Å². The molecule has 1 aliphatic rings. The maximum absolute atomic E-state index is 5.04. The zero-order valence-corrected chi connectivity index (χ0v) is 4.97. The largest absolute Gasteiger partial charge is 0.450 e. The highest BCUT2D eigenvalue weighted by Crippen LogP contribution is 2.05. The van der Waals surface area contributed by atoms with E-state index in [1.54, 1.807) is 13.3 Å². The highest BCUT2D eigenvalue weighted by molar-refractivity contribution is 4.91. The van der Waals surface area contributed by atoms with Crippen LogP contribution in [0.5, 0.6) is 0 Å². The third kappa shape index (κ3) is 0.924. The van der Waals surface area contributed by atoms with Crippen LogP contribution in [0, 0.1) is 0 Å². The number of nitrogens with one attached hydrogen (secondary N) is 1. The molecule has 3 nitrogen and oxygen atoms in total. The molecule has 0 amide bonds. The first-order chi connectivity index (χ1) is 3.83. The van der Waals surface area contributed by atoms with Gasteiger partial charge in [-0.1, -0.05) is 0 Å². The van der Waals surface area contributed by atoms with E-state index in [1.807, 2.05) is 6.92 Å². The first-order valence-corrected chi connectivity index (χ1v) is 2.45. The normalized spacial score (nSPS) is 26.2. The Labute approximate surface area is 48.3 Å². The molecule has 8 heavy (non-hydrogen) atoms. The van der Waals surface area contributed by atoms with E-state index in [2.05, 4.69) is 5.32 Å². The molecule has 1 heterocycles. The van der Waals surface area contributed by atoms with Gasteiger partial charge in [-0.3, -0.25) is 0 Å². The molecule has 0 radical (unpaired) electrons.